The molecule has 1 saturated carbocycles. The first-order chi connectivity index (χ1) is 16.5. The molecule has 1 aliphatic heterocycles. The first-order valence-electron chi connectivity index (χ1n) is 12.3. The average molecular weight is 516 g/mol. The summed E-state index contributed by atoms with van der Waals surface area (Å²) in [6.45, 7) is 2.96. The molecule has 0 bridgehead atoms. The third-order valence-electron chi connectivity index (χ3n) is 8.13. The van der Waals surface area contributed by atoms with Gasteiger partial charge < -0.3 is 0 Å². The van der Waals surface area contributed by atoms with Crippen molar-refractivity contribution in [1.29, 1.82) is 0 Å². The SMILES string of the molecule is Clc1ccc(-n2nc(CNN3CCC4(CCCC4)CC3)c3c2-c2ccc(Cl)cc2CC3)c(Cl)c1. The predicted molar refractivity (Wildman–Crippen MR) is 140 cm³/mol. The summed E-state index contributed by atoms with van der Waals surface area (Å²) in [4.78, 5) is 0. The molecule has 178 valence electrons. The van der Waals surface area contributed by atoms with E-state index >= 15 is 0 Å². The van der Waals surface area contributed by atoms with E-state index in [0.717, 1.165) is 54.6 Å². The van der Waals surface area contributed by atoms with Gasteiger partial charge in [-0.15, -0.1) is 0 Å². The van der Waals surface area contributed by atoms with Gasteiger partial charge in [0.1, 0.15) is 0 Å². The lowest BCUT2D eigenvalue weighted by Gasteiger charge is -2.39. The Kier molecular flexibility index (Phi) is 6.15. The fourth-order valence-electron chi connectivity index (χ4n) is 6.22. The summed E-state index contributed by atoms with van der Waals surface area (Å²) in [5.41, 5.74) is 11.1. The molecule has 6 rings (SSSR count). The van der Waals surface area contributed by atoms with Crippen LogP contribution in [0, 0.1) is 5.41 Å². The number of aromatic nitrogens is 2. The highest BCUT2D eigenvalue weighted by Crippen LogP contribution is 2.46. The highest BCUT2D eigenvalue weighted by Gasteiger charge is 2.37. The van der Waals surface area contributed by atoms with E-state index in [9.17, 15) is 0 Å². The molecular formula is C27H29Cl3N4. The summed E-state index contributed by atoms with van der Waals surface area (Å²) >= 11 is 19.1. The maximum atomic E-state index is 6.64. The van der Waals surface area contributed by atoms with Crippen LogP contribution in [-0.2, 0) is 19.4 Å². The van der Waals surface area contributed by atoms with Crippen molar-refractivity contribution in [1.82, 2.24) is 20.2 Å². The lowest BCUT2D eigenvalue weighted by Crippen LogP contribution is -2.46. The summed E-state index contributed by atoms with van der Waals surface area (Å²) in [7, 11) is 0. The Hall–Kier alpha value is -1.56. The Balaban J connectivity index is 1.31. The zero-order valence-electron chi connectivity index (χ0n) is 19.2. The quantitative estimate of drug-likeness (QED) is 0.397. The molecule has 0 amide bonds. The van der Waals surface area contributed by atoms with Gasteiger partial charge in [-0.1, -0.05) is 53.7 Å². The third-order valence-corrected chi connectivity index (χ3v) is 8.90. The molecule has 34 heavy (non-hydrogen) atoms. The second-order valence-corrected chi connectivity index (χ2v) is 11.4. The normalized spacial score (nSPS) is 19.4. The number of nitrogens with zero attached hydrogens (tertiary/aromatic N) is 3. The van der Waals surface area contributed by atoms with Gasteiger partial charge in [0.15, 0.2) is 0 Å². The molecule has 1 aromatic heterocycles. The molecule has 0 radical (unpaired) electrons. The lowest BCUT2D eigenvalue weighted by atomic mass is 9.77. The van der Waals surface area contributed by atoms with E-state index in [-0.39, 0.29) is 0 Å². The van der Waals surface area contributed by atoms with Crippen molar-refractivity contribution in [3.63, 3.8) is 0 Å². The van der Waals surface area contributed by atoms with Crippen molar-refractivity contribution in [3.8, 4) is 16.9 Å². The van der Waals surface area contributed by atoms with E-state index in [2.05, 4.69) is 22.6 Å². The molecule has 4 nitrogen and oxygen atoms in total. The van der Waals surface area contributed by atoms with Crippen LogP contribution in [-0.4, -0.2) is 27.9 Å². The Morgan fingerprint density at radius 1 is 0.882 bits per heavy atom. The minimum atomic E-state index is 0.594. The Bertz CT molecular complexity index is 1220. The molecular weight excluding hydrogens is 487 g/mol. The predicted octanol–water partition coefficient (Wildman–Crippen LogP) is 7.26. The zero-order chi connectivity index (χ0) is 23.3. The zero-order valence-corrected chi connectivity index (χ0v) is 21.5. The van der Waals surface area contributed by atoms with Gasteiger partial charge in [-0.05, 0) is 79.8 Å². The van der Waals surface area contributed by atoms with Crippen molar-refractivity contribution in [2.45, 2.75) is 57.9 Å². The van der Waals surface area contributed by atoms with E-state index < -0.39 is 0 Å². The Labute approximate surface area is 216 Å². The first-order valence-corrected chi connectivity index (χ1v) is 13.5. The van der Waals surface area contributed by atoms with Crippen LogP contribution in [0.1, 0.15) is 55.3 Å². The van der Waals surface area contributed by atoms with Crippen LogP contribution in [0.3, 0.4) is 0 Å². The Morgan fingerprint density at radius 2 is 1.62 bits per heavy atom. The number of hydrazine groups is 1. The molecule has 2 heterocycles. The molecule has 1 spiro atoms. The molecule has 0 atom stereocenters. The number of piperidine rings is 1. The van der Waals surface area contributed by atoms with Gasteiger partial charge >= 0.3 is 0 Å². The number of nitrogens with one attached hydrogen (secondary N) is 1. The number of aryl methyl sites for hydroxylation is 1. The highest BCUT2D eigenvalue weighted by molar-refractivity contribution is 6.35. The van der Waals surface area contributed by atoms with Gasteiger partial charge in [-0.3, -0.25) is 0 Å². The maximum absolute atomic E-state index is 6.64. The van der Waals surface area contributed by atoms with Crippen LogP contribution in [0.4, 0.5) is 0 Å². The van der Waals surface area contributed by atoms with E-state index in [4.69, 9.17) is 39.9 Å². The molecule has 2 aliphatic carbocycles. The highest BCUT2D eigenvalue weighted by atomic mass is 35.5. The van der Waals surface area contributed by atoms with E-state index in [0.29, 0.717) is 15.5 Å². The lowest BCUT2D eigenvalue weighted by molar-refractivity contribution is 0.0673. The van der Waals surface area contributed by atoms with Crippen LogP contribution >= 0.6 is 34.8 Å². The standard InChI is InChI=1S/C27H29Cl3N4/c28-19-4-7-21-18(15-19)3-6-22-24(17-31-33-13-11-27(12-14-33)9-1-2-10-27)32-34(26(21)22)25-8-5-20(29)16-23(25)30/h4-5,7-8,15-16,31H,1-3,6,9-14,17H2. The van der Waals surface area contributed by atoms with Crippen LogP contribution < -0.4 is 5.43 Å². The molecule has 2 aromatic carbocycles. The van der Waals surface area contributed by atoms with Crippen molar-refractivity contribution in [3.05, 3.63) is 68.3 Å². The topological polar surface area (TPSA) is 33.1 Å². The molecule has 1 N–H and O–H groups in total. The minimum Gasteiger partial charge on any atom is -0.249 e. The molecule has 1 saturated heterocycles. The number of hydrogen-bond acceptors (Lipinski definition) is 3. The summed E-state index contributed by atoms with van der Waals surface area (Å²) < 4.78 is 2.00. The van der Waals surface area contributed by atoms with Crippen LogP contribution in [0.25, 0.3) is 16.9 Å². The average Bonchev–Trinajstić information content (AvgIpc) is 3.43. The maximum Gasteiger partial charge on any atom is 0.0840 e. The molecule has 0 unspecified atom stereocenters. The van der Waals surface area contributed by atoms with Crippen molar-refractivity contribution < 1.29 is 0 Å². The van der Waals surface area contributed by atoms with E-state index in [1.54, 1.807) is 6.07 Å². The fourth-order valence-corrected chi connectivity index (χ4v) is 6.90. The van der Waals surface area contributed by atoms with Gasteiger partial charge in [0.05, 0.1) is 28.6 Å². The number of benzene rings is 2. The van der Waals surface area contributed by atoms with Crippen molar-refractivity contribution in [2.75, 3.05) is 13.1 Å². The van der Waals surface area contributed by atoms with Crippen LogP contribution in [0.15, 0.2) is 36.4 Å². The van der Waals surface area contributed by atoms with Gasteiger partial charge in [0.2, 0.25) is 0 Å². The van der Waals surface area contributed by atoms with Crippen molar-refractivity contribution in [2.24, 2.45) is 5.41 Å². The van der Waals surface area contributed by atoms with Gasteiger partial charge in [-0.2, -0.15) is 5.10 Å². The van der Waals surface area contributed by atoms with E-state index in [1.807, 2.05) is 22.9 Å². The van der Waals surface area contributed by atoms with Gasteiger partial charge in [-0.25, -0.2) is 15.1 Å². The molecule has 2 fully saturated rings. The van der Waals surface area contributed by atoms with Crippen LogP contribution in [0.2, 0.25) is 15.1 Å². The van der Waals surface area contributed by atoms with Gasteiger partial charge in [0.25, 0.3) is 0 Å². The first kappa shape index (κ1) is 22.9. The minimum absolute atomic E-state index is 0.594. The number of fused-ring (bicyclic) bond motifs is 3. The molecule has 7 heteroatoms. The second kappa shape index (κ2) is 9.15. The summed E-state index contributed by atoms with van der Waals surface area (Å²) in [6, 6.07) is 11.7. The number of hydrogen-bond donors (Lipinski definition) is 1. The van der Waals surface area contributed by atoms with Crippen molar-refractivity contribution >= 4 is 34.8 Å². The fraction of sp³-hybridized carbons (Fsp3) is 0.444. The smallest absolute Gasteiger partial charge is 0.0840 e. The number of rotatable bonds is 4. The second-order valence-electron chi connectivity index (χ2n) is 10.1. The Morgan fingerprint density at radius 3 is 2.38 bits per heavy atom. The largest absolute Gasteiger partial charge is 0.249 e. The third kappa shape index (κ3) is 4.18. The summed E-state index contributed by atoms with van der Waals surface area (Å²) in [5.74, 6) is 0. The van der Waals surface area contributed by atoms with E-state index in [1.165, 1.54) is 55.2 Å². The molecule has 3 aromatic rings. The monoisotopic (exact) mass is 514 g/mol. The summed E-state index contributed by atoms with van der Waals surface area (Å²) in [6.07, 6.45) is 10.2. The van der Waals surface area contributed by atoms with Crippen LogP contribution in [0.5, 0.6) is 0 Å². The summed E-state index contributed by atoms with van der Waals surface area (Å²) in [5, 5.41) is 9.48. The number of halogens is 3. The molecule has 3 aliphatic rings. The van der Waals surface area contributed by atoms with Gasteiger partial charge in [0, 0.05) is 34.3 Å².